The first-order valence-corrected chi connectivity index (χ1v) is 13.3. The standard InChI is InChI=1S/C26H24F3N5O3S/c1-16-13-34(14-17(2)37-16)38(35,36)20-8-6-19(7-9-20)33-25-21-10-5-18(12-23(21)31-15-32-25)24-22(26(27,28)29)4-3-11-30-24/h3-12,15-17H,13-14H2,1-2H3,(H,31,32,33). The predicted molar refractivity (Wildman–Crippen MR) is 136 cm³/mol. The number of pyridine rings is 1. The van der Waals surface area contributed by atoms with Crippen LogP contribution in [0.1, 0.15) is 19.4 Å². The summed E-state index contributed by atoms with van der Waals surface area (Å²) in [5.74, 6) is 0.421. The molecule has 12 heteroatoms. The number of rotatable bonds is 5. The lowest BCUT2D eigenvalue weighted by Crippen LogP contribution is -2.48. The predicted octanol–water partition coefficient (Wildman–Crippen LogP) is 5.25. The van der Waals surface area contributed by atoms with Gasteiger partial charge in [0.25, 0.3) is 0 Å². The molecule has 4 aromatic rings. The molecule has 1 fully saturated rings. The highest BCUT2D eigenvalue weighted by Gasteiger charge is 2.34. The van der Waals surface area contributed by atoms with E-state index >= 15 is 0 Å². The Balaban J connectivity index is 1.40. The summed E-state index contributed by atoms with van der Waals surface area (Å²) >= 11 is 0. The molecule has 8 nitrogen and oxygen atoms in total. The molecule has 2 aromatic heterocycles. The van der Waals surface area contributed by atoms with E-state index < -0.39 is 21.8 Å². The summed E-state index contributed by atoms with van der Waals surface area (Å²) in [6.07, 6.45) is -2.32. The average Bonchev–Trinajstić information content (AvgIpc) is 2.88. The molecule has 0 bridgehead atoms. The van der Waals surface area contributed by atoms with Crippen molar-refractivity contribution in [1.82, 2.24) is 19.3 Å². The van der Waals surface area contributed by atoms with E-state index in [-0.39, 0.29) is 41.5 Å². The summed E-state index contributed by atoms with van der Waals surface area (Å²) in [7, 11) is -3.68. The molecule has 0 radical (unpaired) electrons. The van der Waals surface area contributed by atoms with Gasteiger partial charge in [-0.25, -0.2) is 18.4 Å². The number of benzene rings is 2. The van der Waals surface area contributed by atoms with Crippen LogP contribution in [0.3, 0.4) is 0 Å². The molecule has 198 valence electrons. The van der Waals surface area contributed by atoms with Gasteiger partial charge in [-0.1, -0.05) is 6.07 Å². The molecule has 0 amide bonds. The van der Waals surface area contributed by atoms with Gasteiger partial charge in [-0.15, -0.1) is 0 Å². The zero-order chi connectivity index (χ0) is 27.1. The summed E-state index contributed by atoms with van der Waals surface area (Å²) in [4.78, 5) is 12.6. The number of alkyl halides is 3. The lowest BCUT2D eigenvalue weighted by Gasteiger charge is -2.34. The molecule has 1 saturated heterocycles. The minimum absolute atomic E-state index is 0.164. The molecule has 5 rings (SSSR count). The van der Waals surface area contributed by atoms with Crippen molar-refractivity contribution in [2.24, 2.45) is 0 Å². The van der Waals surface area contributed by atoms with Gasteiger partial charge in [0.05, 0.1) is 33.9 Å². The zero-order valence-corrected chi connectivity index (χ0v) is 21.3. The Kier molecular flexibility index (Phi) is 6.80. The number of halogens is 3. The van der Waals surface area contributed by atoms with Crippen LogP contribution in [0.4, 0.5) is 24.7 Å². The van der Waals surface area contributed by atoms with Gasteiger partial charge in [-0.2, -0.15) is 17.5 Å². The number of ether oxygens (including phenoxy) is 1. The average molecular weight is 544 g/mol. The van der Waals surface area contributed by atoms with E-state index in [1.54, 1.807) is 18.2 Å². The van der Waals surface area contributed by atoms with Gasteiger partial charge in [0.1, 0.15) is 12.1 Å². The van der Waals surface area contributed by atoms with Crippen molar-refractivity contribution in [1.29, 1.82) is 0 Å². The Morgan fingerprint density at radius 3 is 2.37 bits per heavy atom. The number of sulfonamides is 1. The molecule has 1 N–H and O–H groups in total. The second-order valence-electron chi connectivity index (χ2n) is 9.08. The van der Waals surface area contributed by atoms with E-state index in [0.717, 1.165) is 6.07 Å². The first-order valence-electron chi connectivity index (χ1n) is 11.8. The van der Waals surface area contributed by atoms with E-state index in [0.29, 0.717) is 22.4 Å². The summed E-state index contributed by atoms with van der Waals surface area (Å²) < 4.78 is 73.7. The Morgan fingerprint density at radius 2 is 1.68 bits per heavy atom. The van der Waals surface area contributed by atoms with Crippen molar-refractivity contribution in [3.05, 3.63) is 72.7 Å². The molecular weight excluding hydrogens is 519 g/mol. The van der Waals surface area contributed by atoms with Gasteiger partial charge < -0.3 is 10.1 Å². The monoisotopic (exact) mass is 543 g/mol. The number of hydrogen-bond donors (Lipinski definition) is 1. The second kappa shape index (κ2) is 9.93. The third-order valence-corrected chi connectivity index (χ3v) is 8.01. The Labute approximate surface area is 217 Å². The van der Waals surface area contributed by atoms with Gasteiger partial charge >= 0.3 is 6.18 Å². The SMILES string of the molecule is CC1CN(S(=O)(=O)c2ccc(Nc3ncnc4cc(-c5ncccc5C(F)(F)F)ccc34)cc2)CC(C)O1. The van der Waals surface area contributed by atoms with Crippen LogP contribution in [0.2, 0.25) is 0 Å². The van der Waals surface area contributed by atoms with Crippen LogP contribution in [0.15, 0.2) is 72.0 Å². The molecule has 2 aromatic carbocycles. The largest absolute Gasteiger partial charge is 0.418 e. The van der Waals surface area contributed by atoms with Gasteiger partial charge in [0.2, 0.25) is 10.0 Å². The van der Waals surface area contributed by atoms with Crippen LogP contribution in [0.25, 0.3) is 22.2 Å². The van der Waals surface area contributed by atoms with Crippen molar-refractivity contribution in [3.63, 3.8) is 0 Å². The van der Waals surface area contributed by atoms with Crippen LogP contribution in [0, 0.1) is 0 Å². The molecule has 1 aliphatic rings. The van der Waals surface area contributed by atoms with Gasteiger partial charge in [0, 0.05) is 35.9 Å². The lowest BCUT2D eigenvalue weighted by molar-refractivity contribution is -0.137. The minimum atomic E-state index is -4.55. The van der Waals surface area contributed by atoms with Crippen LogP contribution >= 0.6 is 0 Å². The van der Waals surface area contributed by atoms with E-state index in [2.05, 4.69) is 20.3 Å². The third kappa shape index (κ3) is 5.19. The molecule has 38 heavy (non-hydrogen) atoms. The fourth-order valence-corrected chi connectivity index (χ4v) is 6.08. The third-order valence-electron chi connectivity index (χ3n) is 6.16. The van der Waals surface area contributed by atoms with Crippen molar-refractivity contribution < 1.29 is 26.3 Å². The number of nitrogens with one attached hydrogen (secondary N) is 1. The lowest BCUT2D eigenvalue weighted by atomic mass is 10.0. The van der Waals surface area contributed by atoms with Gasteiger partial charge in [-0.05, 0) is 62.4 Å². The maximum Gasteiger partial charge on any atom is 0.418 e. The quantitative estimate of drug-likeness (QED) is 0.367. The van der Waals surface area contributed by atoms with E-state index in [1.807, 2.05) is 13.8 Å². The Bertz CT molecular complexity index is 1570. The topological polar surface area (TPSA) is 97.3 Å². The molecule has 2 unspecified atom stereocenters. The first kappa shape index (κ1) is 26.0. The second-order valence-corrected chi connectivity index (χ2v) is 11.0. The van der Waals surface area contributed by atoms with Gasteiger partial charge in [0.15, 0.2) is 0 Å². The molecule has 0 aliphatic carbocycles. The highest BCUT2D eigenvalue weighted by Crippen LogP contribution is 2.37. The highest BCUT2D eigenvalue weighted by atomic mass is 32.2. The summed E-state index contributed by atoms with van der Waals surface area (Å²) in [5.41, 5.74) is 0.268. The summed E-state index contributed by atoms with van der Waals surface area (Å²) in [6.45, 7) is 4.24. The molecule has 1 aliphatic heterocycles. The van der Waals surface area contributed by atoms with Crippen molar-refractivity contribution in [2.45, 2.75) is 37.1 Å². The number of morpholine rings is 1. The summed E-state index contributed by atoms with van der Waals surface area (Å²) in [5, 5.41) is 3.72. The number of aromatic nitrogens is 3. The fraction of sp³-hybridized carbons (Fsp3) is 0.269. The van der Waals surface area contributed by atoms with Crippen LogP contribution in [-0.2, 0) is 20.9 Å². The first-order chi connectivity index (χ1) is 18.0. The highest BCUT2D eigenvalue weighted by molar-refractivity contribution is 7.89. The zero-order valence-electron chi connectivity index (χ0n) is 20.5. The minimum Gasteiger partial charge on any atom is -0.373 e. The maximum absolute atomic E-state index is 13.5. The number of nitrogens with zero attached hydrogens (tertiary/aromatic N) is 4. The van der Waals surface area contributed by atoms with E-state index in [9.17, 15) is 21.6 Å². The molecule has 2 atom stereocenters. The van der Waals surface area contributed by atoms with Crippen molar-refractivity contribution >= 4 is 32.4 Å². The van der Waals surface area contributed by atoms with E-state index in [4.69, 9.17) is 4.74 Å². The fourth-order valence-electron chi connectivity index (χ4n) is 4.49. The van der Waals surface area contributed by atoms with Crippen molar-refractivity contribution in [3.8, 4) is 11.3 Å². The molecular formula is C26H24F3N5O3S. The Hall–Kier alpha value is -3.61. The van der Waals surface area contributed by atoms with E-state index in [1.165, 1.54) is 47.2 Å². The van der Waals surface area contributed by atoms with Crippen LogP contribution in [0.5, 0.6) is 0 Å². The molecule has 0 saturated carbocycles. The Morgan fingerprint density at radius 1 is 0.974 bits per heavy atom. The van der Waals surface area contributed by atoms with Crippen LogP contribution < -0.4 is 5.32 Å². The molecule has 3 heterocycles. The number of fused-ring (bicyclic) bond motifs is 1. The number of anilines is 2. The normalized spacial score (nSPS) is 19.0. The molecule has 0 spiro atoms. The number of hydrogen-bond acceptors (Lipinski definition) is 7. The maximum atomic E-state index is 13.5. The van der Waals surface area contributed by atoms with Crippen LogP contribution in [-0.4, -0.2) is 53.0 Å². The van der Waals surface area contributed by atoms with Crippen molar-refractivity contribution in [2.75, 3.05) is 18.4 Å². The summed E-state index contributed by atoms with van der Waals surface area (Å²) in [6, 6.07) is 13.2. The smallest absolute Gasteiger partial charge is 0.373 e. The van der Waals surface area contributed by atoms with Gasteiger partial charge in [-0.3, -0.25) is 4.98 Å².